The Morgan fingerprint density at radius 2 is 2.11 bits per heavy atom. The third-order valence-electron chi connectivity index (χ3n) is 5.96. The van der Waals surface area contributed by atoms with Crippen LogP contribution in [0.1, 0.15) is 49.4 Å². The minimum atomic E-state index is -0.0597. The Kier molecular flexibility index (Phi) is 5.03. The number of nitrogens with zero attached hydrogens (tertiary/aromatic N) is 3. The summed E-state index contributed by atoms with van der Waals surface area (Å²) in [5.41, 5.74) is 1.52. The number of aromatic nitrogens is 2. The third-order valence-corrected chi connectivity index (χ3v) is 5.96. The van der Waals surface area contributed by atoms with E-state index in [0.29, 0.717) is 11.5 Å². The Labute approximate surface area is 164 Å². The number of hydrogen-bond donors (Lipinski definition) is 0. The maximum atomic E-state index is 12.8. The summed E-state index contributed by atoms with van der Waals surface area (Å²) in [6.45, 7) is 6.20. The number of likely N-dealkylation sites (tertiary alicyclic amines) is 1. The van der Waals surface area contributed by atoms with Crippen LogP contribution in [0, 0.1) is 5.41 Å². The SMILES string of the molecule is CCC1(CC)CCN(C(=O)c2cc(COc3ccc4ncccc4c3)on2)C1. The Hall–Kier alpha value is -2.89. The molecule has 3 aromatic rings. The topological polar surface area (TPSA) is 68.5 Å². The first kappa shape index (κ1) is 18.5. The molecule has 1 aliphatic heterocycles. The van der Waals surface area contributed by atoms with E-state index in [9.17, 15) is 4.79 Å². The average molecular weight is 379 g/mol. The maximum Gasteiger partial charge on any atom is 0.276 e. The van der Waals surface area contributed by atoms with Crippen molar-refractivity contribution in [2.75, 3.05) is 13.1 Å². The number of rotatable bonds is 6. The Balaban J connectivity index is 1.39. The molecule has 0 bridgehead atoms. The number of benzene rings is 1. The Morgan fingerprint density at radius 3 is 2.89 bits per heavy atom. The molecule has 28 heavy (non-hydrogen) atoms. The van der Waals surface area contributed by atoms with Gasteiger partial charge in [-0.05, 0) is 48.9 Å². The molecule has 0 atom stereocenters. The highest BCUT2D eigenvalue weighted by Gasteiger charge is 2.37. The first-order valence-corrected chi connectivity index (χ1v) is 9.85. The van der Waals surface area contributed by atoms with Crippen LogP contribution >= 0.6 is 0 Å². The van der Waals surface area contributed by atoms with Crippen molar-refractivity contribution >= 4 is 16.8 Å². The molecule has 1 aliphatic rings. The van der Waals surface area contributed by atoms with Gasteiger partial charge in [-0.25, -0.2) is 0 Å². The predicted octanol–water partition coefficient (Wildman–Crippen LogP) is 4.45. The van der Waals surface area contributed by atoms with Crippen LogP contribution in [-0.2, 0) is 6.61 Å². The number of pyridine rings is 1. The predicted molar refractivity (Wildman–Crippen MR) is 106 cm³/mol. The van der Waals surface area contributed by atoms with Crippen molar-refractivity contribution in [3.63, 3.8) is 0 Å². The van der Waals surface area contributed by atoms with Crippen molar-refractivity contribution in [3.8, 4) is 5.75 Å². The molecule has 0 radical (unpaired) electrons. The lowest BCUT2D eigenvalue weighted by Gasteiger charge is -2.25. The molecule has 0 spiro atoms. The summed E-state index contributed by atoms with van der Waals surface area (Å²) < 4.78 is 11.1. The van der Waals surface area contributed by atoms with E-state index in [0.717, 1.165) is 49.0 Å². The van der Waals surface area contributed by atoms with E-state index in [-0.39, 0.29) is 17.9 Å². The van der Waals surface area contributed by atoms with Crippen LogP contribution in [0.25, 0.3) is 10.9 Å². The lowest BCUT2D eigenvalue weighted by molar-refractivity contribution is 0.0759. The lowest BCUT2D eigenvalue weighted by Crippen LogP contribution is -2.32. The quantitative estimate of drug-likeness (QED) is 0.633. The van der Waals surface area contributed by atoms with Crippen molar-refractivity contribution in [2.45, 2.75) is 39.7 Å². The molecule has 6 heteroatoms. The molecule has 0 aliphatic carbocycles. The zero-order valence-corrected chi connectivity index (χ0v) is 16.4. The molecular formula is C22H25N3O3. The average Bonchev–Trinajstić information content (AvgIpc) is 3.39. The molecule has 0 N–H and O–H groups in total. The van der Waals surface area contributed by atoms with E-state index in [1.807, 2.05) is 35.2 Å². The summed E-state index contributed by atoms with van der Waals surface area (Å²) in [5, 5.41) is 4.98. The molecule has 4 rings (SSSR count). The van der Waals surface area contributed by atoms with Crippen molar-refractivity contribution in [1.82, 2.24) is 15.0 Å². The van der Waals surface area contributed by atoms with E-state index in [1.165, 1.54) is 0 Å². The van der Waals surface area contributed by atoms with Crippen LogP contribution in [-0.4, -0.2) is 34.0 Å². The van der Waals surface area contributed by atoms with Gasteiger partial charge in [-0.2, -0.15) is 0 Å². The second-order valence-electron chi connectivity index (χ2n) is 7.51. The fraction of sp³-hybridized carbons (Fsp3) is 0.409. The number of carbonyl (C=O) groups is 1. The molecule has 6 nitrogen and oxygen atoms in total. The number of amides is 1. The van der Waals surface area contributed by atoms with E-state index in [4.69, 9.17) is 9.26 Å². The van der Waals surface area contributed by atoms with Gasteiger partial charge in [0.2, 0.25) is 0 Å². The molecule has 1 saturated heterocycles. The summed E-state index contributed by atoms with van der Waals surface area (Å²) >= 11 is 0. The van der Waals surface area contributed by atoms with Crippen molar-refractivity contribution < 1.29 is 14.1 Å². The highest BCUT2D eigenvalue weighted by molar-refractivity contribution is 5.92. The van der Waals surface area contributed by atoms with Gasteiger partial charge in [0, 0.05) is 30.7 Å². The molecule has 146 valence electrons. The number of hydrogen-bond acceptors (Lipinski definition) is 5. The van der Waals surface area contributed by atoms with Crippen molar-refractivity contribution in [1.29, 1.82) is 0 Å². The zero-order valence-electron chi connectivity index (χ0n) is 16.4. The molecule has 0 saturated carbocycles. The van der Waals surface area contributed by atoms with Gasteiger partial charge in [-0.15, -0.1) is 0 Å². The van der Waals surface area contributed by atoms with Crippen LogP contribution < -0.4 is 4.74 Å². The lowest BCUT2D eigenvalue weighted by atomic mass is 9.82. The molecule has 0 unspecified atom stereocenters. The van der Waals surface area contributed by atoms with Crippen molar-refractivity contribution in [3.05, 3.63) is 54.0 Å². The molecular weight excluding hydrogens is 354 g/mol. The number of ether oxygens (including phenoxy) is 1. The molecule has 3 heterocycles. The fourth-order valence-electron chi connectivity index (χ4n) is 3.88. The summed E-state index contributed by atoms with van der Waals surface area (Å²) in [4.78, 5) is 18.9. The summed E-state index contributed by atoms with van der Waals surface area (Å²) in [7, 11) is 0. The van der Waals surface area contributed by atoms with Crippen molar-refractivity contribution in [2.24, 2.45) is 5.41 Å². The molecule has 1 amide bonds. The summed E-state index contributed by atoms with van der Waals surface area (Å²) in [6.07, 6.45) is 5.00. The number of carbonyl (C=O) groups excluding carboxylic acids is 1. The van der Waals surface area contributed by atoms with Gasteiger partial charge in [0.05, 0.1) is 5.52 Å². The first-order chi connectivity index (χ1) is 13.6. The van der Waals surface area contributed by atoms with E-state index in [1.54, 1.807) is 12.3 Å². The first-order valence-electron chi connectivity index (χ1n) is 9.85. The van der Waals surface area contributed by atoms with Gasteiger partial charge in [-0.3, -0.25) is 9.78 Å². The number of fused-ring (bicyclic) bond motifs is 1. The van der Waals surface area contributed by atoms with Gasteiger partial charge >= 0.3 is 0 Å². The Morgan fingerprint density at radius 1 is 1.25 bits per heavy atom. The van der Waals surface area contributed by atoms with Crippen LogP contribution in [0.5, 0.6) is 5.75 Å². The Bertz CT molecular complexity index is 978. The van der Waals surface area contributed by atoms with Gasteiger partial charge in [0.15, 0.2) is 11.5 Å². The maximum absolute atomic E-state index is 12.8. The molecule has 1 aromatic carbocycles. The van der Waals surface area contributed by atoms with Crippen LogP contribution in [0.3, 0.4) is 0 Å². The van der Waals surface area contributed by atoms with Crippen LogP contribution in [0.4, 0.5) is 0 Å². The van der Waals surface area contributed by atoms with Gasteiger partial charge < -0.3 is 14.2 Å². The van der Waals surface area contributed by atoms with Crippen LogP contribution in [0.2, 0.25) is 0 Å². The van der Waals surface area contributed by atoms with E-state index >= 15 is 0 Å². The minimum Gasteiger partial charge on any atom is -0.486 e. The van der Waals surface area contributed by atoms with E-state index in [2.05, 4.69) is 24.0 Å². The second kappa shape index (κ2) is 7.62. The zero-order chi connectivity index (χ0) is 19.6. The second-order valence-corrected chi connectivity index (χ2v) is 7.51. The standard InChI is InChI=1S/C22H25N3O3/c1-3-22(4-2)9-11-25(15-22)21(26)20-13-18(28-24-20)14-27-17-7-8-19-16(12-17)6-5-10-23-19/h5-8,10,12-13H,3-4,9,11,14-15H2,1-2H3. The van der Waals surface area contributed by atoms with Gasteiger partial charge in [-0.1, -0.05) is 25.1 Å². The van der Waals surface area contributed by atoms with Gasteiger partial charge in [0.1, 0.15) is 12.4 Å². The summed E-state index contributed by atoms with van der Waals surface area (Å²) in [5.74, 6) is 1.20. The smallest absolute Gasteiger partial charge is 0.276 e. The fourth-order valence-corrected chi connectivity index (χ4v) is 3.88. The minimum absolute atomic E-state index is 0.0597. The monoisotopic (exact) mass is 379 g/mol. The van der Waals surface area contributed by atoms with Gasteiger partial charge in [0.25, 0.3) is 5.91 Å². The highest BCUT2D eigenvalue weighted by atomic mass is 16.5. The van der Waals surface area contributed by atoms with E-state index < -0.39 is 0 Å². The highest BCUT2D eigenvalue weighted by Crippen LogP contribution is 2.37. The van der Waals surface area contributed by atoms with Crippen LogP contribution in [0.15, 0.2) is 47.1 Å². The normalized spacial score (nSPS) is 15.9. The third kappa shape index (κ3) is 3.59. The largest absolute Gasteiger partial charge is 0.486 e. The summed E-state index contributed by atoms with van der Waals surface area (Å²) in [6, 6.07) is 11.3. The molecule has 1 fully saturated rings. The molecule has 2 aromatic heterocycles.